The molecule has 18 N–H and O–H groups in total. The van der Waals surface area contributed by atoms with Gasteiger partial charge < -0.3 is 40.1 Å². The van der Waals surface area contributed by atoms with E-state index in [-0.39, 0.29) is 51.3 Å². The second-order valence-corrected chi connectivity index (χ2v) is 10.1. The van der Waals surface area contributed by atoms with Crippen LogP contribution >= 0.6 is 11.3 Å². The van der Waals surface area contributed by atoms with E-state index < -0.39 is 43.2 Å². The van der Waals surface area contributed by atoms with Crippen molar-refractivity contribution in [1.82, 2.24) is 20.0 Å². The van der Waals surface area contributed by atoms with E-state index in [1.165, 1.54) is 6.20 Å². The summed E-state index contributed by atoms with van der Waals surface area (Å²) in [7, 11) is 0. The second kappa shape index (κ2) is 32.8. The quantitative estimate of drug-likeness (QED) is 0.0682. The second-order valence-electron chi connectivity index (χ2n) is 9.03. The third kappa shape index (κ3) is 17.9. The van der Waals surface area contributed by atoms with Crippen molar-refractivity contribution in [3.8, 4) is 0 Å². The Morgan fingerprint density at radius 3 is 1.96 bits per heavy atom. The first-order chi connectivity index (χ1) is 23.2. The number of thiazole rings is 1. The molecule has 49 heavy (non-hydrogen) atoms. The summed E-state index contributed by atoms with van der Waals surface area (Å²) in [6.45, 7) is -0.187. The smallest absolute Gasteiger partial charge is 0.200 e. The molecule has 8 atom stereocenters. The SMILES string of the molecule is C.O=C(COCc1cn(CC2C(O)CC2CO)nn1)c1cnc(CC2OC(CO)C(O)C(O)C2O)s1.OO.OO.OO.OO.OO.OOO. The number of ether oxygens (including phenoxy) is 2. The molecule has 2 aromatic rings. The fraction of sp³-hybridized carbons (Fsp3) is 0.727. The Balaban J connectivity index is -0.000000644. The molecule has 2 fully saturated rings. The Labute approximate surface area is 280 Å². The molecule has 0 bridgehead atoms. The number of aromatic nitrogens is 4. The highest BCUT2D eigenvalue weighted by molar-refractivity contribution is 7.13. The zero-order valence-electron chi connectivity index (χ0n) is 24.6. The van der Waals surface area contributed by atoms with Crippen molar-refractivity contribution in [3.63, 3.8) is 0 Å². The van der Waals surface area contributed by atoms with Crippen LogP contribution in [0.1, 0.15) is 34.2 Å². The average molecular weight is 751 g/mol. The molecular formula is C22H46N4O22S. The Bertz CT molecular complexity index is 1020. The minimum atomic E-state index is -1.46. The fourth-order valence-corrected chi connectivity index (χ4v) is 5.23. The van der Waals surface area contributed by atoms with Crippen LogP contribution in [0.3, 0.4) is 0 Å². The molecule has 8 unspecified atom stereocenters. The number of Topliss-reactive ketones (excluding diaryl/α,β-unsaturated/α-hetero) is 1. The van der Waals surface area contributed by atoms with Gasteiger partial charge >= 0.3 is 0 Å². The van der Waals surface area contributed by atoms with Crippen LogP contribution in [0.2, 0.25) is 0 Å². The molecular weight excluding hydrogens is 704 g/mol. The molecule has 26 nitrogen and oxygen atoms in total. The van der Waals surface area contributed by atoms with Gasteiger partial charge in [-0.15, -0.1) is 16.4 Å². The Morgan fingerprint density at radius 2 is 1.45 bits per heavy atom. The number of aliphatic hydroxyl groups excluding tert-OH is 6. The standard InChI is InChI=1S/C21H30N4O9S.CH4.H2O3.5H2O2/c26-6-10-1-13(28)12(10)5-25-4-11(23-24-25)8-33-9-14(29)17-3-22-18(35-17)2-15-19(30)21(32)20(31)16(7-27)34-15;;1-3-2;5*1-2/h3-4,10,12-13,15-16,19-21,26-28,30-32H,1-2,5-9H2;1H4;1-2H;5*1-2H. The maximum absolute atomic E-state index is 12.5. The fourth-order valence-electron chi connectivity index (χ4n) is 4.34. The maximum atomic E-state index is 12.5. The Hall–Kier alpha value is -2.40. The molecule has 4 rings (SSSR count). The largest absolute Gasteiger partial charge is 0.396 e. The summed E-state index contributed by atoms with van der Waals surface area (Å²) in [5, 5.41) is 142. The summed E-state index contributed by atoms with van der Waals surface area (Å²) >= 11 is 1.10. The van der Waals surface area contributed by atoms with Crippen LogP contribution < -0.4 is 0 Å². The van der Waals surface area contributed by atoms with Crippen molar-refractivity contribution >= 4 is 17.1 Å². The summed E-state index contributed by atoms with van der Waals surface area (Å²) in [4.78, 5) is 17.0. The molecule has 2 aromatic heterocycles. The van der Waals surface area contributed by atoms with Gasteiger partial charge in [-0.05, 0) is 12.3 Å². The van der Waals surface area contributed by atoms with Gasteiger partial charge in [0.25, 0.3) is 0 Å². The Morgan fingerprint density at radius 1 is 0.898 bits per heavy atom. The van der Waals surface area contributed by atoms with E-state index >= 15 is 0 Å². The van der Waals surface area contributed by atoms with Crippen LogP contribution in [0, 0.1) is 11.8 Å². The number of rotatable bonds is 11. The van der Waals surface area contributed by atoms with Crippen LogP contribution in [0.25, 0.3) is 0 Å². The van der Waals surface area contributed by atoms with Gasteiger partial charge in [0.2, 0.25) is 0 Å². The van der Waals surface area contributed by atoms with Crippen molar-refractivity contribution in [2.24, 2.45) is 11.8 Å². The molecule has 2 aliphatic rings. The predicted octanol–water partition coefficient (Wildman–Crippen LogP) is -1.82. The number of nitrogens with zero attached hydrogens (tertiary/aromatic N) is 4. The van der Waals surface area contributed by atoms with Crippen molar-refractivity contribution in [2.75, 3.05) is 19.8 Å². The third-order valence-corrected chi connectivity index (χ3v) is 7.60. The lowest BCUT2D eigenvalue weighted by Gasteiger charge is -2.40. The van der Waals surface area contributed by atoms with Crippen LogP contribution in [0.4, 0.5) is 0 Å². The lowest BCUT2D eigenvalue weighted by atomic mass is 9.71. The van der Waals surface area contributed by atoms with Crippen LogP contribution in [0.15, 0.2) is 12.4 Å². The minimum Gasteiger partial charge on any atom is -0.396 e. The Kier molecular flexibility index (Phi) is 35.7. The predicted molar refractivity (Wildman–Crippen MR) is 158 cm³/mol. The number of hydrogen-bond donors (Lipinski definition) is 18. The molecule has 0 radical (unpaired) electrons. The third-order valence-electron chi connectivity index (χ3n) is 6.54. The first-order valence-electron chi connectivity index (χ1n) is 12.7. The maximum Gasteiger partial charge on any atom is 0.200 e. The topological polar surface area (TPSA) is 453 Å². The van der Waals surface area contributed by atoms with E-state index in [1.54, 1.807) is 10.9 Å². The summed E-state index contributed by atoms with van der Waals surface area (Å²) in [5.74, 6) is -0.310. The molecule has 0 amide bonds. The number of ketones is 1. The van der Waals surface area contributed by atoms with Gasteiger partial charge in [0.15, 0.2) is 5.78 Å². The van der Waals surface area contributed by atoms with Gasteiger partial charge in [0.1, 0.15) is 36.7 Å². The first kappa shape index (κ1) is 53.4. The van der Waals surface area contributed by atoms with E-state index in [1.807, 2.05) is 0 Å². The van der Waals surface area contributed by atoms with Crippen LogP contribution in [-0.4, -0.2) is 176 Å². The molecule has 1 aliphatic carbocycles. The van der Waals surface area contributed by atoms with Gasteiger partial charge in [0, 0.05) is 31.7 Å². The zero-order chi connectivity index (χ0) is 37.8. The van der Waals surface area contributed by atoms with E-state index in [4.69, 9.17) is 72.6 Å². The van der Waals surface area contributed by atoms with E-state index in [0.717, 1.165) is 11.3 Å². The lowest BCUT2D eigenvalue weighted by molar-refractivity contribution is -0.465. The highest BCUT2D eigenvalue weighted by Gasteiger charge is 2.43. The summed E-state index contributed by atoms with van der Waals surface area (Å²) in [6, 6.07) is 0. The molecule has 1 saturated heterocycles. The molecule has 3 heterocycles. The van der Waals surface area contributed by atoms with Crippen molar-refractivity contribution in [3.05, 3.63) is 28.0 Å². The molecule has 292 valence electrons. The molecule has 0 aromatic carbocycles. The van der Waals surface area contributed by atoms with E-state index in [9.17, 15) is 35.4 Å². The monoisotopic (exact) mass is 750 g/mol. The van der Waals surface area contributed by atoms with Gasteiger partial charge in [0.05, 0.1) is 41.5 Å². The van der Waals surface area contributed by atoms with Gasteiger partial charge in [-0.25, -0.2) is 15.5 Å². The average Bonchev–Trinajstić information content (AvgIpc) is 3.81. The summed E-state index contributed by atoms with van der Waals surface area (Å²) < 4.78 is 12.5. The van der Waals surface area contributed by atoms with E-state index in [2.05, 4.69) is 20.3 Å². The number of aliphatic hydroxyl groups is 6. The van der Waals surface area contributed by atoms with Gasteiger partial charge in [-0.3, -0.25) is 62.0 Å². The van der Waals surface area contributed by atoms with Crippen LogP contribution in [0.5, 0.6) is 0 Å². The van der Waals surface area contributed by atoms with Gasteiger partial charge in [-0.1, -0.05) is 17.7 Å². The number of carbonyl (C=O) groups excluding carboxylic acids is 1. The normalized spacial score (nSPS) is 24.5. The van der Waals surface area contributed by atoms with E-state index in [0.29, 0.717) is 28.5 Å². The minimum absolute atomic E-state index is 0. The van der Waals surface area contributed by atoms with Crippen molar-refractivity contribution < 1.29 is 113 Å². The lowest BCUT2D eigenvalue weighted by Crippen LogP contribution is -2.58. The van der Waals surface area contributed by atoms with Gasteiger partial charge in [-0.2, -0.15) is 0 Å². The summed E-state index contributed by atoms with van der Waals surface area (Å²) in [6.07, 6.45) is -2.87. The van der Waals surface area contributed by atoms with Crippen molar-refractivity contribution in [1.29, 1.82) is 0 Å². The molecule has 1 saturated carbocycles. The number of hydrogen-bond acceptors (Lipinski definition) is 26. The highest BCUT2D eigenvalue weighted by atomic mass is 32.1. The molecule has 1 aliphatic heterocycles. The molecule has 0 spiro atoms. The van der Waals surface area contributed by atoms with Crippen LogP contribution in [-0.2, 0) is 34.1 Å². The van der Waals surface area contributed by atoms with Crippen molar-refractivity contribution in [2.45, 2.75) is 70.0 Å². The molecule has 27 heteroatoms. The first-order valence-corrected chi connectivity index (χ1v) is 13.5. The zero-order valence-corrected chi connectivity index (χ0v) is 25.4. The number of carbonyl (C=O) groups is 1. The summed E-state index contributed by atoms with van der Waals surface area (Å²) in [5.41, 5.74) is 0.528. The highest BCUT2D eigenvalue weighted by Crippen LogP contribution is 2.35.